The topological polar surface area (TPSA) is 106 Å². The third-order valence-electron chi connectivity index (χ3n) is 3.28. The summed E-state index contributed by atoms with van der Waals surface area (Å²) in [6.07, 6.45) is 5.74. The summed E-state index contributed by atoms with van der Waals surface area (Å²) in [6.45, 7) is 7.03. The lowest BCUT2D eigenvalue weighted by atomic mass is 10.3. The van der Waals surface area contributed by atoms with E-state index in [9.17, 15) is 4.57 Å². The molecule has 7 nitrogen and oxygen atoms in total. The van der Waals surface area contributed by atoms with Crippen LogP contribution in [0.3, 0.4) is 0 Å². The quantitative estimate of drug-likeness (QED) is 0.217. The van der Waals surface area contributed by atoms with E-state index in [-0.39, 0.29) is 0 Å². The van der Waals surface area contributed by atoms with Crippen LogP contribution >= 0.6 is 8.25 Å². The summed E-state index contributed by atoms with van der Waals surface area (Å²) in [6, 6.07) is 0. The molecule has 0 heterocycles. The van der Waals surface area contributed by atoms with Crippen LogP contribution in [0.2, 0.25) is 0 Å². The van der Waals surface area contributed by atoms with E-state index in [0.29, 0.717) is 26.1 Å². The number of hydrogen-bond donors (Lipinski definition) is 2. The van der Waals surface area contributed by atoms with Crippen molar-refractivity contribution in [2.75, 3.05) is 26.4 Å². The van der Waals surface area contributed by atoms with Crippen LogP contribution in [0.5, 0.6) is 0 Å². The molecular formula is C16H36N2O5P+. The third-order valence-corrected chi connectivity index (χ3v) is 4.17. The molecule has 0 aromatic rings. The smallest absolute Gasteiger partial charge is 0.381 e. The van der Waals surface area contributed by atoms with Gasteiger partial charge in [-0.05, 0) is 38.5 Å². The summed E-state index contributed by atoms with van der Waals surface area (Å²) in [7, 11) is -2.30. The Bertz CT molecular complexity index is 272. The number of hydrogen-bond acceptors (Lipinski definition) is 7. The summed E-state index contributed by atoms with van der Waals surface area (Å²) >= 11 is 0. The lowest BCUT2D eigenvalue weighted by Crippen LogP contribution is -2.25. The van der Waals surface area contributed by atoms with Gasteiger partial charge in [-0.15, -0.1) is 9.05 Å². The van der Waals surface area contributed by atoms with Crippen LogP contribution < -0.4 is 11.5 Å². The molecular weight excluding hydrogens is 331 g/mol. The predicted octanol–water partition coefficient (Wildman–Crippen LogP) is 3.44. The zero-order chi connectivity index (χ0) is 18.0. The van der Waals surface area contributed by atoms with Crippen molar-refractivity contribution >= 4 is 8.25 Å². The minimum atomic E-state index is -2.30. The Morgan fingerprint density at radius 2 is 1.12 bits per heavy atom. The lowest BCUT2D eigenvalue weighted by Gasteiger charge is -2.08. The minimum absolute atomic E-state index is 0.567. The van der Waals surface area contributed by atoms with Gasteiger partial charge in [0.15, 0.2) is 12.5 Å². The van der Waals surface area contributed by atoms with Crippen molar-refractivity contribution in [2.45, 2.75) is 77.7 Å². The van der Waals surface area contributed by atoms with Gasteiger partial charge in [0.25, 0.3) is 0 Å². The molecule has 2 atom stereocenters. The fraction of sp³-hybridized carbons (Fsp3) is 1.00. The molecule has 0 bridgehead atoms. The van der Waals surface area contributed by atoms with Crippen molar-refractivity contribution in [2.24, 2.45) is 11.5 Å². The first-order chi connectivity index (χ1) is 11.6. The fourth-order valence-electron chi connectivity index (χ4n) is 1.82. The molecule has 8 heteroatoms. The Morgan fingerprint density at radius 3 is 1.50 bits per heavy atom. The summed E-state index contributed by atoms with van der Waals surface area (Å²) in [5.41, 5.74) is 11.5. The van der Waals surface area contributed by atoms with Gasteiger partial charge in [-0.3, -0.25) is 0 Å². The van der Waals surface area contributed by atoms with Gasteiger partial charge in [-0.2, -0.15) is 0 Å². The Kier molecular flexibility index (Phi) is 17.6. The molecule has 0 aromatic carbocycles. The SMILES string of the molecule is CCCCOCCCC(N)O[P+](=O)OC(N)CCCOCCCC. The maximum absolute atomic E-state index is 11.7. The summed E-state index contributed by atoms with van der Waals surface area (Å²) in [5, 5.41) is 0. The van der Waals surface area contributed by atoms with E-state index in [1.807, 2.05) is 0 Å². The van der Waals surface area contributed by atoms with Crippen LogP contribution in [0.15, 0.2) is 0 Å². The maximum Gasteiger partial charge on any atom is 0.700 e. The van der Waals surface area contributed by atoms with E-state index in [1.165, 1.54) is 0 Å². The first-order valence-electron chi connectivity index (χ1n) is 9.07. The van der Waals surface area contributed by atoms with E-state index >= 15 is 0 Å². The first-order valence-corrected chi connectivity index (χ1v) is 10.2. The van der Waals surface area contributed by atoms with Crippen LogP contribution in [0.1, 0.15) is 65.2 Å². The average molecular weight is 367 g/mol. The third kappa shape index (κ3) is 16.7. The largest absolute Gasteiger partial charge is 0.700 e. The van der Waals surface area contributed by atoms with Gasteiger partial charge in [0.05, 0.1) is 0 Å². The number of nitrogens with two attached hydrogens (primary N) is 2. The van der Waals surface area contributed by atoms with Gasteiger partial charge in [-0.25, -0.2) is 0 Å². The molecule has 0 amide bonds. The molecule has 0 spiro atoms. The second-order valence-corrected chi connectivity index (χ2v) is 6.60. The van der Waals surface area contributed by atoms with Crippen molar-refractivity contribution in [3.63, 3.8) is 0 Å². The van der Waals surface area contributed by atoms with Gasteiger partial charge in [-0.1, -0.05) is 26.7 Å². The number of rotatable bonds is 18. The summed E-state index contributed by atoms with van der Waals surface area (Å²) < 4.78 is 32.8. The van der Waals surface area contributed by atoms with Gasteiger partial charge < -0.3 is 20.9 Å². The molecule has 0 rings (SSSR count). The molecule has 0 radical (unpaired) electrons. The molecule has 0 aliphatic heterocycles. The fourth-order valence-corrected chi connectivity index (χ4v) is 2.52. The van der Waals surface area contributed by atoms with Gasteiger partial charge in [0.2, 0.25) is 0 Å². The Labute approximate surface area is 147 Å². The van der Waals surface area contributed by atoms with Crippen LogP contribution in [0.25, 0.3) is 0 Å². The van der Waals surface area contributed by atoms with E-state index in [4.69, 9.17) is 30.0 Å². The Morgan fingerprint density at radius 1 is 0.750 bits per heavy atom. The highest BCUT2D eigenvalue weighted by atomic mass is 31.1. The monoisotopic (exact) mass is 367 g/mol. The normalized spacial score (nSPS) is 14.6. The molecule has 0 saturated heterocycles. The Hall–Kier alpha value is -0.140. The molecule has 0 fully saturated rings. The highest BCUT2D eigenvalue weighted by Gasteiger charge is 2.28. The summed E-state index contributed by atoms with van der Waals surface area (Å²) in [4.78, 5) is 0. The molecule has 0 saturated carbocycles. The van der Waals surface area contributed by atoms with E-state index < -0.39 is 20.7 Å². The van der Waals surface area contributed by atoms with Crippen LogP contribution in [0.4, 0.5) is 0 Å². The van der Waals surface area contributed by atoms with Gasteiger partial charge in [0.1, 0.15) is 0 Å². The van der Waals surface area contributed by atoms with Gasteiger partial charge in [0, 0.05) is 31.0 Å². The van der Waals surface area contributed by atoms with Crippen LogP contribution in [-0.2, 0) is 23.1 Å². The molecule has 24 heavy (non-hydrogen) atoms. The highest BCUT2D eigenvalue weighted by molar-refractivity contribution is 7.33. The molecule has 4 N–H and O–H groups in total. The molecule has 0 aromatic heterocycles. The van der Waals surface area contributed by atoms with Crippen molar-refractivity contribution in [3.8, 4) is 0 Å². The predicted molar refractivity (Wildman–Crippen MR) is 95.6 cm³/mol. The number of ether oxygens (including phenoxy) is 2. The molecule has 2 unspecified atom stereocenters. The summed E-state index contributed by atoms with van der Waals surface area (Å²) in [5.74, 6) is 0. The first kappa shape index (κ1) is 23.9. The van der Waals surface area contributed by atoms with Crippen LogP contribution in [0, 0.1) is 0 Å². The minimum Gasteiger partial charge on any atom is -0.381 e. The van der Waals surface area contributed by atoms with Crippen molar-refractivity contribution < 1.29 is 23.1 Å². The second-order valence-electron chi connectivity index (χ2n) is 5.73. The second kappa shape index (κ2) is 17.7. The number of unbranched alkanes of at least 4 members (excludes halogenated alkanes) is 2. The van der Waals surface area contributed by atoms with Crippen LogP contribution in [-0.4, -0.2) is 38.9 Å². The lowest BCUT2D eigenvalue weighted by molar-refractivity contribution is 0.0918. The maximum atomic E-state index is 11.7. The van der Waals surface area contributed by atoms with Crippen molar-refractivity contribution in [1.82, 2.24) is 0 Å². The van der Waals surface area contributed by atoms with E-state index in [2.05, 4.69) is 13.8 Å². The zero-order valence-electron chi connectivity index (χ0n) is 15.3. The Balaban J connectivity index is 3.54. The highest BCUT2D eigenvalue weighted by Crippen LogP contribution is 2.27. The van der Waals surface area contributed by atoms with E-state index in [0.717, 1.165) is 51.7 Å². The molecule has 0 aliphatic carbocycles. The zero-order valence-corrected chi connectivity index (χ0v) is 16.2. The standard InChI is InChI=1S/C16H36N2O5P/c1-3-5-11-20-13-7-9-15(17)22-24(19)23-16(18)10-8-14-21-12-6-4-2/h15-16H,3-14,17-18H2,1-2H3/q+1. The molecule has 144 valence electrons. The van der Waals surface area contributed by atoms with E-state index in [1.54, 1.807) is 0 Å². The van der Waals surface area contributed by atoms with Crippen molar-refractivity contribution in [1.29, 1.82) is 0 Å². The average Bonchev–Trinajstić information content (AvgIpc) is 2.53. The van der Waals surface area contributed by atoms with Gasteiger partial charge >= 0.3 is 8.25 Å². The van der Waals surface area contributed by atoms with Crippen molar-refractivity contribution in [3.05, 3.63) is 0 Å². The molecule has 0 aliphatic rings.